The van der Waals surface area contributed by atoms with Crippen molar-refractivity contribution in [2.24, 2.45) is 5.73 Å². The van der Waals surface area contributed by atoms with Crippen LogP contribution in [0.4, 0.5) is 0 Å². The molecule has 2 N–H and O–H groups in total. The minimum Gasteiger partial charge on any atom is -0.325 e. The van der Waals surface area contributed by atoms with E-state index in [1.807, 2.05) is 12.1 Å². The maximum absolute atomic E-state index is 6.16. The fourth-order valence-corrected chi connectivity index (χ4v) is 1.93. The van der Waals surface area contributed by atoms with Gasteiger partial charge < -0.3 is 5.73 Å². The standard InChI is InChI=1S/C12H14N4/c13-12(5-6-12)7-10-3-1-2-4-11(10)16-9-14-8-15-16/h1-4,8-9H,5-7,13H2. The summed E-state index contributed by atoms with van der Waals surface area (Å²) in [5.74, 6) is 0. The second-order valence-corrected chi connectivity index (χ2v) is 4.51. The van der Waals surface area contributed by atoms with Crippen molar-refractivity contribution in [1.82, 2.24) is 14.8 Å². The first kappa shape index (κ1) is 9.54. The van der Waals surface area contributed by atoms with E-state index in [9.17, 15) is 0 Å². The molecule has 82 valence electrons. The molecule has 0 bridgehead atoms. The third-order valence-corrected chi connectivity index (χ3v) is 3.09. The van der Waals surface area contributed by atoms with Crippen LogP contribution in [0.5, 0.6) is 0 Å². The van der Waals surface area contributed by atoms with E-state index in [1.54, 1.807) is 17.3 Å². The predicted molar refractivity (Wildman–Crippen MR) is 61.2 cm³/mol. The average molecular weight is 214 g/mol. The van der Waals surface area contributed by atoms with Gasteiger partial charge in [-0.15, -0.1) is 0 Å². The summed E-state index contributed by atoms with van der Waals surface area (Å²) >= 11 is 0. The van der Waals surface area contributed by atoms with Crippen LogP contribution in [-0.4, -0.2) is 20.3 Å². The third kappa shape index (κ3) is 1.72. The van der Waals surface area contributed by atoms with Crippen LogP contribution < -0.4 is 5.73 Å². The Balaban J connectivity index is 1.98. The lowest BCUT2D eigenvalue weighted by Crippen LogP contribution is -2.25. The molecule has 1 aromatic heterocycles. The first-order valence-corrected chi connectivity index (χ1v) is 5.49. The van der Waals surface area contributed by atoms with Crippen LogP contribution in [0.2, 0.25) is 0 Å². The Bertz CT molecular complexity index is 485. The zero-order chi connectivity index (χ0) is 11.0. The number of hydrogen-bond acceptors (Lipinski definition) is 3. The van der Waals surface area contributed by atoms with Crippen LogP contribution in [0.3, 0.4) is 0 Å². The SMILES string of the molecule is NC1(Cc2ccccc2-n2cncn2)CC1. The molecule has 16 heavy (non-hydrogen) atoms. The Morgan fingerprint density at radius 3 is 2.81 bits per heavy atom. The number of benzene rings is 1. The number of hydrogen-bond donors (Lipinski definition) is 1. The van der Waals surface area contributed by atoms with Crippen LogP contribution in [0.1, 0.15) is 18.4 Å². The Morgan fingerprint density at radius 1 is 1.31 bits per heavy atom. The summed E-state index contributed by atoms with van der Waals surface area (Å²) in [6.45, 7) is 0. The lowest BCUT2D eigenvalue weighted by atomic mass is 10.0. The minimum atomic E-state index is 0.0245. The number of rotatable bonds is 3. The molecule has 0 saturated heterocycles. The first-order valence-electron chi connectivity index (χ1n) is 5.49. The second-order valence-electron chi connectivity index (χ2n) is 4.51. The molecule has 0 amide bonds. The highest BCUT2D eigenvalue weighted by Crippen LogP contribution is 2.36. The maximum Gasteiger partial charge on any atom is 0.138 e. The van der Waals surface area contributed by atoms with Gasteiger partial charge in [0.15, 0.2) is 0 Å². The fraction of sp³-hybridized carbons (Fsp3) is 0.333. The van der Waals surface area contributed by atoms with E-state index in [-0.39, 0.29) is 5.54 Å². The lowest BCUT2D eigenvalue weighted by Gasteiger charge is -2.12. The summed E-state index contributed by atoms with van der Waals surface area (Å²) in [5.41, 5.74) is 8.50. The highest BCUT2D eigenvalue weighted by atomic mass is 15.3. The van der Waals surface area contributed by atoms with Gasteiger partial charge in [0.25, 0.3) is 0 Å². The van der Waals surface area contributed by atoms with Crippen LogP contribution in [0.25, 0.3) is 5.69 Å². The smallest absolute Gasteiger partial charge is 0.138 e. The van der Waals surface area contributed by atoms with Crippen LogP contribution in [0, 0.1) is 0 Å². The van der Waals surface area contributed by atoms with Gasteiger partial charge in [-0.05, 0) is 30.9 Å². The maximum atomic E-state index is 6.16. The Morgan fingerprint density at radius 2 is 2.12 bits per heavy atom. The second kappa shape index (κ2) is 3.42. The largest absolute Gasteiger partial charge is 0.325 e. The van der Waals surface area contributed by atoms with E-state index < -0.39 is 0 Å². The monoisotopic (exact) mass is 214 g/mol. The lowest BCUT2D eigenvalue weighted by molar-refractivity contribution is 0.666. The van der Waals surface area contributed by atoms with Crippen molar-refractivity contribution >= 4 is 0 Å². The summed E-state index contributed by atoms with van der Waals surface area (Å²) in [6.07, 6.45) is 6.43. The van der Waals surface area contributed by atoms with Crippen LogP contribution in [0.15, 0.2) is 36.9 Å². The molecule has 0 radical (unpaired) electrons. The van der Waals surface area contributed by atoms with E-state index in [1.165, 1.54) is 5.56 Å². The van der Waals surface area contributed by atoms with Crippen LogP contribution in [-0.2, 0) is 6.42 Å². The predicted octanol–water partition coefficient (Wildman–Crippen LogP) is 1.30. The molecular weight excluding hydrogens is 200 g/mol. The molecule has 0 aliphatic heterocycles. The van der Waals surface area contributed by atoms with E-state index in [4.69, 9.17) is 5.73 Å². The zero-order valence-electron chi connectivity index (χ0n) is 9.00. The Labute approximate surface area is 94.1 Å². The fourth-order valence-electron chi connectivity index (χ4n) is 1.93. The Hall–Kier alpha value is -1.68. The molecule has 4 heteroatoms. The van der Waals surface area contributed by atoms with Gasteiger partial charge in [0.2, 0.25) is 0 Å². The molecule has 3 rings (SSSR count). The van der Waals surface area contributed by atoms with Crippen molar-refractivity contribution in [2.75, 3.05) is 0 Å². The zero-order valence-corrected chi connectivity index (χ0v) is 9.00. The third-order valence-electron chi connectivity index (χ3n) is 3.09. The number of para-hydroxylation sites is 1. The highest BCUT2D eigenvalue weighted by molar-refractivity contribution is 5.41. The van der Waals surface area contributed by atoms with Crippen LogP contribution >= 0.6 is 0 Å². The van der Waals surface area contributed by atoms with Gasteiger partial charge >= 0.3 is 0 Å². The van der Waals surface area contributed by atoms with Crippen molar-refractivity contribution in [3.8, 4) is 5.69 Å². The normalized spacial score (nSPS) is 17.3. The van der Waals surface area contributed by atoms with Crippen molar-refractivity contribution in [3.05, 3.63) is 42.5 Å². The summed E-state index contributed by atoms with van der Waals surface area (Å²) in [7, 11) is 0. The summed E-state index contributed by atoms with van der Waals surface area (Å²) in [4.78, 5) is 3.97. The molecule has 1 fully saturated rings. The number of nitrogens with zero attached hydrogens (tertiary/aromatic N) is 3. The molecule has 1 saturated carbocycles. The molecular formula is C12H14N4. The van der Waals surface area contributed by atoms with Crippen molar-refractivity contribution in [2.45, 2.75) is 24.8 Å². The number of nitrogens with two attached hydrogens (primary N) is 1. The van der Waals surface area contributed by atoms with E-state index >= 15 is 0 Å². The van der Waals surface area contributed by atoms with Gasteiger partial charge in [-0.2, -0.15) is 5.10 Å². The number of aromatic nitrogens is 3. The topological polar surface area (TPSA) is 56.7 Å². The quantitative estimate of drug-likeness (QED) is 0.837. The highest BCUT2D eigenvalue weighted by Gasteiger charge is 2.38. The molecule has 1 heterocycles. The van der Waals surface area contributed by atoms with E-state index in [0.29, 0.717) is 0 Å². The molecule has 4 nitrogen and oxygen atoms in total. The molecule has 1 aromatic carbocycles. The summed E-state index contributed by atoms with van der Waals surface area (Å²) in [6, 6.07) is 8.22. The van der Waals surface area contributed by atoms with E-state index in [0.717, 1.165) is 24.9 Å². The van der Waals surface area contributed by atoms with Crippen molar-refractivity contribution in [1.29, 1.82) is 0 Å². The molecule has 0 unspecified atom stereocenters. The average Bonchev–Trinajstić information content (AvgIpc) is 2.83. The first-order chi connectivity index (χ1) is 7.77. The molecule has 1 aliphatic rings. The van der Waals surface area contributed by atoms with Gasteiger partial charge in [0.05, 0.1) is 5.69 Å². The van der Waals surface area contributed by atoms with Gasteiger partial charge in [0, 0.05) is 5.54 Å². The molecule has 2 aromatic rings. The molecule has 0 spiro atoms. The van der Waals surface area contributed by atoms with Gasteiger partial charge in [-0.3, -0.25) is 0 Å². The Kier molecular flexibility index (Phi) is 2.04. The molecule has 1 aliphatic carbocycles. The van der Waals surface area contributed by atoms with E-state index in [2.05, 4.69) is 22.2 Å². The minimum absolute atomic E-state index is 0.0245. The van der Waals surface area contributed by atoms with Gasteiger partial charge in [-0.25, -0.2) is 9.67 Å². The van der Waals surface area contributed by atoms with Crippen molar-refractivity contribution in [3.63, 3.8) is 0 Å². The van der Waals surface area contributed by atoms with Gasteiger partial charge in [0.1, 0.15) is 12.7 Å². The van der Waals surface area contributed by atoms with Crippen molar-refractivity contribution < 1.29 is 0 Å². The molecule has 0 atom stereocenters. The summed E-state index contributed by atoms with van der Waals surface area (Å²) in [5, 5.41) is 4.16. The van der Waals surface area contributed by atoms with Gasteiger partial charge in [-0.1, -0.05) is 18.2 Å². The summed E-state index contributed by atoms with van der Waals surface area (Å²) < 4.78 is 1.79.